The maximum Gasteiger partial charge on any atom is 0.234 e. The van der Waals surface area contributed by atoms with Gasteiger partial charge < -0.3 is 0 Å². The van der Waals surface area contributed by atoms with Crippen LogP contribution in [0.15, 0.2) is 30.3 Å². The van der Waals surface area contributed by atoms with E-state index < -0.39 is 15.3 Å². The molecule has 192 valence electrons. The molecule has 0 bridgehead atoms. The van der Waals surface area contributed by atoms with Gasteiger partial charge in [0, 0.05) is 25.9 Å². The largest absolute Gasteiger partial charge is 0.234 e. The van der Waals surface area contributed by atoms with Gasteiger partial charge in [0.05, 0.1) is 18.2 Å². The summed E-state index contributed by atoms with van der Waals surface area (Å²) in [5.41, 5.74) is 0.523. The molecule has 35 heavy (non-hydrogen) atoms. The summed E-state index contributed by atoms with van der Waals surface area (Å²) in [7, 11) is -3.77. The Balaban J connectivity index is 2.57. The normalized spacial score (nSPS) is 12.1. The Labute approximate surface area is 213 Å². The molecule has 0 heterocycles. The summed E-state index contributed by atoms with van der Waals surface area (Å²) >= 11 is 0. The van der Waals surface area contributed by atoms with Crippen molar-refractivity contribution in [1.82, 2.24) is 4.31 Å². The molecule has 0 aliphatic heterocycles. The number of hydrogen-bond acceptors (Lipinski definition) is 5. The molecular formula is C28H42N4O2S. The van der Waals surface area contributed by atoms with Crippen LogP contribution in [0.3, 0.4) is 0 Å². The molecule has 0 saturated heterocycles. The third-order valence-corrected chi connectivity index (χ3v) is 8.33. The second-order valence-corrected chi connectivity index (χ2v) is 11.1. The fourth-order valence-corrected chi connectivity index (χ4v) is 5.91. The predicted molar refractivity (Wildman–Crippen MR) is 140 cm³/mol. The molecule has 7 heteroatoms. The standard InChI is InChI=1S/C28H42N4O2S/c29-22-16-9-5-1-3-7-11-18-24-32(25-19-12-8-4-2-6-10-17-23-30)35(33,34)28(26-31)27-20-14-13-15-21-27/h13-15,20-21,28H,1-12,16-19,24-25H2. The van der Waals surface area contributed by atoms with Gasteiger partial charge in [-0.2, -0.15) is 15.8 Å². The van der Waals surface area contributed by atoms with Crippen LogP contribution in [0.25, 0.3) is 0 Å². The Bertz CT molecular complexity index is 866. The molecule has 0 aliphatic rings. The molecule has 0 saturated carbocycles. The summed E-state index contributed by atoms with van der Waals surface area (Å²) < 4.78 is 28.4. The molecule has 1 aromatic rings. The lowest BCUT2D eigenvalue weighted by atomic mass is 10.1. The molecule has 0 fully saturated rings. The summed E-state index contributed by atoms with van der Waals surface area (Å²) in [4.78, 5) is 0. The molecule has 6 nitrogen and oxygen atoms in total. The van der Waals surface area contributed by atoms with Crippen molar-refractivity contribution in [1.29, 1.82) is 15.8 Å². The highest BCUT2D eigenvalue weighted by atomic mass is 32.2. The van der Waals surface area contributed by atoms with Crippen LogP contribution in [0.2, 0.25) is 0 Å². The minimum absolute atomic E-state index is 0.454. The average Bonchev–Trinajstić information content (AvgIpc) is 2.86. The second-order valence-electron chi connectivity index (χ2n) is 9.13. The van der Waals surface area contributed by atoms with E-state index in [1.54, 1.807) is 28.6 Å². The number of nitrogens with zero attached hydrogens (tertiary/aromatic N) is 4. The van der Waals surface area contributed by atoms with E-state index in [1.807, 2.05) is 12.1 Å². The molecule has 1 unspecified atom stereocenters. The second kappa shape index (κ2) is 19.9. The molecule has 0 amide bonds. The van der Waals surface area contributed by atoms with Gasteiger partial charge in [-0.25, -0.2) is 12.7 Å². The third-order valence-electron chi connectivity index (χ3n) is 6.27. The average molecular weight is 499 g/mol. The minimum Gasteiger partial charge on any atom is -0.210 e. The Morgan fingerprint density at radius 1 is 0.629 bits per heavy atom. The summed E-state index contributed by atoms with van der Waals surface area (Å²) in [5.74, 6) is 0. The Hall–Kier alpha value is -2.40. The maximum absolute atomic E-state index is 13.4. The van der Waals surface area contributed by atoms with E-state index >= 15 is 0 Å². The molecule has 0 aliphatic carbocycles. The number of rotatable bonds is 21. The first kappa shape index (κ1) is 30.6. The monoisotopic (exact) mass is 498 g/mol. The zero-order valence-electron chi connectivity index (χ0n) is 21.2. The van der Waals surface area contributed by atoms with Crippen molar-refractivity contribution in [3.05, 3.63) is 35.9 Å². The van der Waals surface area contributed by atoms with Crippen LogP contribution in [0, 0.1) is 34.0 Å². The zero-order valence-corrected chi connectivity index (χ0v) is 22.0. The molecule has 1 atom stereocenters. The van der Waals surface area contributed by atoms with Gasteiger partial charge >= 0.3 is 0 Å². The van der Waals surface area contributed by atoms with Gasteiger partial charge in [0.25, 0.3) is 0 Å². The molecular weight excluding hydrogens is 456 g/mol. The van der Waals surface area contributed by atoms with Crippen molar-refractivity contribution in [2.24, 2.45) is 0 Å². The van der Waals surface area contributed by atoms with Crippen molar-refractivity contribution < 1.29 is 8.42 Å². The smallest absolute Gasteiger partial charge is 0.210 e. The van der Waals surface area contributed by atoms with Gasteiger partial charge in [-0.15, -0.1) is 0 Å². The zero-order chi connectivity index (χ0) is 25.6. The SMILES string of the molecule is N#CCCCCCCCCCN(CCCCCCCCCC#N)S(=O)(=O)C(C#N)c1ccccc1. The van der Waals surface area contributed by atoms with Gasteiger partial charge in [0.15, 0.2) is 5.25 Å². The number of unbranched alkanes of at least 4 members (excludes halogenated alkanes) is 14. The number of benzene rings is 1. The van der Waals surface area contributed by atoms with E-state index in [0.717, 1.165) is 89.9 Å². The van der Waals surface area contributed by atoms with Crippen LogP contribution in [0.4, 0.5) is 0 Å². The molecule has 1 rings (SSSR count). The lowest BCUT2D eigenvalue weighted by Gasteiger charge is -2.25. The predicted octanol–water partition coefficient (Wildman–Crippen LogP) is 7.17. The van der Waals surface area contributed by atoms with Crippen LogP contribution in [0.1, 0.15) is 114 Å². The van der Waals surface area contributed by atoms with Crippen LogP contribution in [-0.2, 0) is 10.0 Å². The van der Waals surface area contributed by atoms with Gasteiger partial charge in [0.1, 0.15) is 0 Å². The number of nitriles is 3. The van der Waals surface area contributed by atoms with Crippen molar-refractivity contribution in [2.75, 3.05) is 13.1 Å². The summed E-state index contributed by atoms with van der Waals surface area (Å²) in [6.07, 6.45) is 15.4. The van der Waals surface area contributed by atoms with E-state index in [2.05, 4.69) is 12.1 Å². The topological polar surface area (TPSA) is 109 Å². The minimum atomic E-state index is -3.77. The van der Waals surface area contributed by atoms with Crippen molar-refractivity contribution >= 4 is 10.0 Å². The quantitative estimate of drug-likeness (QED) is 0.167. The van der Waals surface area contributed by atoms with Crippen LogP contribution in [0.5, 0.6) is 0 Å². The van der Waals surface area contributed by atoms with Gasteiger partial charge in [-0.1, -0.05) is 94.5 Å². The van der Waals surface area contributed by atoms with E-state index in [9.17, 15) is 13.7 Å². The first-order chi connectivity index (χ1) is 17.1. The van der Waals surface area contributed by atoms with E-state index in [4.69, 9.17) is 10.5 Å². The van der Waals surface area contributed by atoms with Crippen LogP contribution >= 0.6 is 0 Å². The first-order valence-electron chi connectivity index (χ1n) is 13.3. The highest BCUT2D eigenvalue weighted by molar-refractivity contribution is 7.89. The summed E-state index contributed by atoms with van der Waals surface area (Å²) in [5, 5.41) is 25.7. The molecule has 1 aromatic carbocycles. The Morgan fingerprint density at radius 3 is 1.43 bits per heavy atom. The first-order valence-corrected chi connectivity index (χ1v) is 14.8. The fraction of sp³-hybridized carbons (Fsp3) is 0.679. The molecule has 0 radical (unpaired) electrons. The number of sulfonamides is 1. The van der Waals surface area contributed by atoms with Crippen molar-refractivity contribution in [3.63, 3.8) is 0 Å². The Morgan fingerprint density at radius 2 is 1.03 bits per heavy atom. The molecule has 0 aromatic heterocycles. The van der Waals surface area contributed by atoms with Gasteiger partial charge in [0.2, 0.25) is 10.0 Å². The Kier molecular flexibility index (Phi) is 17.4. The molecule has 0 N–H and O–H groups in total. The van der Waals surface area contributed by atoms with Crippen LogP contribution < -0.4 is 0 Å². The van der Waals surface area contributed by atoms with E-state index in [-0.39, 0.29) is 0 Å². The van der Waals surface area contributed by atoms with Crippen molar-refractivity contribution in [2.45, 2.75) is 108 Å². The van der Waals surface area contributed by atoms with Gasteiger partial charge in [-0.05, 0) is 31.2 Å². The highest BCUT2D eigenvalue weighted by Gasteiger charge is 2.32. The maximum atomic E-state index is 13.4. The third kappa shape index (κ3) is 13.3. The van der Waals surface area contributed by atoms with Gasteiger partial charge in [-0.3, -0.25) is 0 Å². The number of hydrogen-bond donors (Lipinski definition) is 0. The fourth-order valence-electron chi connectivity index (χ4n) is 4.21. The highest BCUT2D eigenvalue weighted by Crippen LogP contribution is 2.26. The van der Waals surface area contributed by atoms with E-state index in [0.29, 0.717) is 31.5 Å². The molecule has 0 spiro atoms. The van der Waals surface area contributed by atoms with Crippen molar-refractivity contribution in [3.8, 4) is 18.2 Å². The summed E-state index contributed by atoms with van der Waals surface area (Å²) in [6.45, 7) is 0.909. The van der Waals surface area contributed by atoms with Crippen LogP contribution in [-0.4, -0.2) is 25.8 Å². The lowest BCUT2D eigenvalue weighted by molar-refractivity contribution is 0.381. The lowest BCUT2D eigenvalue weighted by Crippen LogP contribution is -2.36. The summed E-state index contributed by atoms with van der Waals surface area (Å²) in [6, 6.07) is 15.2. The van der Waals surface area contributed by atoms with E-state index in [1.165, 1.54) is 0 Å².